The largest absolute Gasteiger partial charge is 0.397 e. The molecule has 0 aliphatic carbocycles. The first-order chi connectivity index (χ1) is 9.88. The molecule has 4 nitrogen and oxygen atoms in total. The second-order valence-corrected chi connectivity index (χ2v) is 5.19. The van der Waals surface area contributed by atoms with Gasteiger partial charge >= 0.3 is 0 Å². The molecule has 0 saturated carbocycles. The fraction of sp³-hybridized carbons (Fsp3) is 0.133. The molecular formula is C15H15ClFN3O. The molecule has 2 rings (SSSR count). The molecule has 0 bridgehead atoms. The zero-order valence-corrected chi connectivity index (χ0v) is 12.4. The lowest BCUT2D eigenvalue weighted by atomic mass is 10.1. The molecule has 0 unspecified atom stereocenters. The van der Waals surface area contributed by atoms with Crippen LogP contribution in [-0.2, 0) is 0 Å². The normalized spacial score (nSPS) is 10.3. The number of benzene rings is 2. The summed E-state index contributed by atoms with van der Waals surface area (Å²) in [6.07, 6.45) is 0. The maximum atomic E-state index is 13.7. The van der Waals surface area contributed by atoms with Gasteiger partial charge in [-0.1, -0.05) is 11.6 Å². The highest BCUT2D eigenvalue weighted by Gasteiger charge is 2.11. The van der Waals surface area contributed by atoms with Crippen LogP contribution >= 0.6 is 11.6 Å². The quantitative estimate of drug-likeness (QED) is 0.853. The lowest BCUT2D eigenvalue weighted by Gasteiger charge is -2.14. The fourth-order valence-electron chi connectivity index (χ4n) is 1.79. The second-order valence-electron chi connectivity index (χ2n) is 4.75. The van der Waals surface area contributed by atoms with E-state index in [1.807, 2.05) is 0 Å². The molecule has 0 spiro atoms. The van der Waals surface area contributed by atoms with Crippen molar-refractivity contribution in [2.45, 2.75) is 0 Å². The Balaban J connectivity index is 2.37. The molecule has 0 radical (unpaired) electrons. The Morgan fingerprint density at radius 1 is 1.19 bits per heavy atom. The lowest BCUT2D eigenvalue weighted by molar-refractivity contribution is 0.0827. The number of nitrogens with one attached hydrogen (secondary N) is 1. The molecule has 1 amide bonds. The summed E-state index contributed by atoms with van der Waals surface area (Å²) in [5.74, 6) is -0.618. The van der Waals surface area contributed by atoms with Crippen LogP contribution in [0.4, 0.5) is 21.5 Å². The molecule has 0 aliphatic heterocycles. The third kappa shape index (κ3) is 3.44. The van der Waals surface area contributed by atoms with E-state index in [9.17, 15) is 9.18 Å². The van der Waals surface area contributed by atoms with Crippen LogP contribution < -0.4 is 11.1 Å². The van der Waals surface area contributed by atoms with Crippen LogP contribution in [0.15, 0.2) is 36.4 Å². The van der Waals surface area contributed by atoms with Gasteiger partial charge < -0.3 is 16.0 Å². The summed E-state index contributed by atoms with van der Waals surface area (Å²) in [4.78, 5) is 13.4. The molecule has 0 fully saturated rings. The number of nitrogen functional groups attached to an aromatic ring is 1. The van der Waals surface area contributed by atoms with Gasteiger partial charge in [-0.3, -0.25) is 4.79 Å². The van der Waals surface area contributed by atoms with Crippen LogP contribution in [0.25, 0.3) is 0 Å². The van der Waals surface area contributed by atoms with Crippen LogP contribution in [0, 0.1) is 5.82 Å². The Bertz CT molecular complexity index is 689. The Morgan fingerprint density at radius 2 is 1.90 bits per heavy atom. The topological polar surface area (TPSA) is 58.4 Å². The maximum Gasteiger partial charge on any atom is 0.253 e. The molecule has 0 atom stereocenters. The summed E-state index contributed by atoms with van der Waals surface area (Å²) in [6.45, 7) is 0. The van der Waals surface area contributed by atoms with Crippen molar-refractivity contribution in [1.29, 1.82) is 0 Å². The van der Waals surface area contributed by atoms with Crippen molar-refractivity contribution in [1.82, 2.24) is 4.90 Å². The van der Waals surface area contributed by atoms with Gasteiger partial charge in [-0.15, -0.1) is 0 Å². The van der Waals surface area contributed by atoms with Crippen LogP contribution in [0.1, 0.15) is 10.4 Å². The van der Waals surface area contributed by atoms with Gasteiger partial charge in [0.25, 0.3) is 5.91 Å². The lowest BCUT2D eigenvalue weighted by Crippen LogP contribution is -2.21. The summed E-state index contributed by atoms with van der Waals surface area (Å²) >= 11 is 5.85. The average Bonchev–Trinajstić information content (AvgIpc) is 2.44. The number of halogens is 2. The standard InChI is InChI=1S/C15H15ClFN3O/c1-20(2)15(21)9-3-6-12(18)14(7-9)19-13-8-10(16)4-5-11(13)17/h3-8,19H,18H2,1-2H3. The van der Waals surface area contributed by atoms with Gasteiger partial charge in [-0.2, -0.15) is 0 Å². The summed E-state index contributed by atoms with van der Waals surface area (Å²) in [5, 5.41) is 3.26. The van der Waals surface area contributed by atoms with E-state index < -0.39 is 5.82 Å². The predicted molar refractivity (Wildman–Crippen MR) is 83.6 cm³/mol. The van der Waals surface area contributed by atoms with E-state index >= 15 is 0 Å². The number of hydrogen-bond donors (Lipinski definition) is 2. The minimum absolute atomic E-state index is 0.162. The Kier molecular flexibility index (Phi) is 4.33. The molecule has 0 saturated heterocycles. The average molecular weight is 308 g/mol. The molecule has 6 heteroatoms. The number of amides is 1. The first-order valence-electron chi connectivity index (χ1n) is 6.21. The summed E-state index contributed by atoms with van der Waals surface area (Å²) in [7, 11) is 3.31. The third-order valence-electron chi connectivity index (χ3n) is 2.90. The molecule has 2 aromatic rings. The van der Waals surface area contributed by atoms with E-state index in [1.165, 1.54) is 23.1 Å². The first-order valence-corrected chi connectivity index (χ1v) is 6.59. The number of hydrogen-bond acceptors (Lipinski definition) is 3. The van der Waals surface area contributed by atoms with Gasteiger partial charge in [0.15, 0.2) is 0 Å². The zero-order valence-electron chi connectivity index (χ0n) is 11.7. The number of carbonyl (C=O) groups excluding carboxylic acids is 1. The van der Waals surface area contributed by atoms with Crippen LogP contribution in [0.2, 0.25) is 5.02 Å². The number of nitrogens with zero attached hydrogens (tertiary/aromatic N) is 1. The SMILES string of the molecule is CN(C)C(=O)c1ccc(N)c(Nc2cc(Cl)ccc2F)c1. The highest BCUT2D eigenvalue weighted by Crippen LogP contribution is 2.28. The van der Waals surface area contributed by atoms with Gasteiger partial charge in [-0.25, -0.2) is 4.39 Å². The van der Waals surface area contributed by atoms with E-state index in [4.69, 9.17) is 17.3 Å². The molecule has 21 heavy (non-hydrogen) atoms. The maximum absolute atomic E-state index is 13.7. The molecule has 2 aromatic carbocycles. The van der Waals surface area contributed by atoms with Gasteiger partial charge in [0.2, 0.25) is 0 Å². The van der Waals surface area contributed by atoms with E-state index in [-0.39, 0.29) is 11.6 Å². The van der Waals surface area contributed by atoms with Crippen molar-refractivity contribution in [3.05, 3.63) is 52.8 Å². The minimum Gasteiger partial charge on any atom is -0.397 e. The minimum atomic E-state index is -0.455. The number of nitrogens with two attached hydrogens (primary N) is 1. The van der Waals surface area contributed by atoms with Gasteiger partial charge in [0, 0.05) is 24.7 Å². The predicted octanol–water partition coefficient (Wildman–Crippen LogP) is 3.51. The number of carbonyl (C=O) groups is 1. The van der Waals surface area contributed by atoms with Crippen LogP contribution in [-0.4, -0.2) is 24.9 Å². The fourth-order valence-corrected chi connectivity index (χ4v) is 1.97. The second kappa shape index (κ2) is 6.01. The first kappa shape index (κ1) is 15.1. The summed E-state index contributed by atoms with van der Waals surface area (Å²) < 4.78 is 13.7. The van der Waals surface area contributed by atoms with Gasteiger partial charge in [-0.05, 0) is 36.4 Å². The summed E-state index contributed by atoms with van der Waals surface area (Å²) in [5.41, 5.74) is 7.37. The molecule has 3 N–H and O–H groups in total. The van der Waals surface area contributed by atoms with Crippen molar-refractivity contribution in [3.63, 3.8) is 0 Å². The monoisotopic (exact) mass is 307 g/mol. The highest BCUT2D eigenvalue weighted by molar-refractivity contribution is 6.30. The van der Waals surface area contributed by atoms with E-state index in [0.29, 0.717) is 22.0 Å². The van der Waals surface area contributed by atoms with Gasteiger partial charge in [0.1, 0.15) is 5.82 Å². The van der Waals surface area contributed by atoms with Crippen molar-refractivity contribution >= 4 is 34.6 Å². The molecule has 0 aromatic heterocycles. The third-order valence-corrected chi connectivity index (χ3v) is 3.14. The number of anilines is 3. The Labute approximate surface area is 127 Å². The van der Waals surface area contributed by atoms with Crippen molar-refractivity contribution < 1.29 is 9.18 Å². The van der Waals surface area contributed by atoms with Crippen molar-refractivity contribution in [2.24, 2.45) is 0 Å². The molecule has 110 valence electrons. The summed E-state index contributed by atoms with van der Waals surface area (Å²) in [6, 6.07) is 8.97. The number of rotatable bonds is 3. The van der Waals surface area contributed by atoms with Crippen LogP contribution in [0.3, 0.4) is 0 Å². The van der Waals surface area contributed by atoms with E-state index in [1.54, 1.807) is 32.3 Å². The highest BCUT2D eigenvalue weighted by atomic mass is 35.5. The van der Waals surface area contributed by atoms with E-state index in [2.05, 4.69) is 5.32 Å². The Hall–Kier alpha value is -2.27. The van der Waals surface area contributed by atoms with Crippen molar-refractivity contribution in [3.8, 4) is 0 Å². The van der Waals surface area contributed by atoms with Crippen molar-refractivity contribution in [2.75, 3.05) is 25.1 Å². The smallest absolute Gasteiger partial charge is 0.253 e. The molecule has 0 heterocycles. The Morgan fingerprint density at radius 3 is 2.57 bits per heavy atom. The van der Waals surface area contributed by atoms with E-state index in [0.717, 1.165) is 0 Å². The molecule has 0 aliphatic rings. The van der Waals surface area contributed by atoms with Crippen LogP contribution in [0.5, 0.6) is 0 Å². The zero-order chi connectivity index (χ0) is 15.6. The molecular weight excluding hydrogens is 293 g/mol. The van der Waals surface area contributed by atoms with Gasteiger partial charge in [0.05, 0.1) is 17.1 Å².